The summed E-state index contributed by atoms with van der Waals surface area (Å²) in [5.74, 6) is 1.07. The van der Waals surface area contributed by atoms with Crippen molar-refractivity contribution in [2.75, 3.05) is 20.8 Å². The predicted octanol–water partition coefficient (Wildman–Crippen LogP) is 2.15. The van der Waals surface area contributed by atoms with E-state index in [-0.39, 0.29) is 18.2 Å². The van der Waals surface area contributed by atoms with Crippen molar-refractivity contribution < 1.29 is 19.1 Å². The quantitative estimate of drug-likeness (QED) is 0.731. The van der Waals surface area contributed by atoms with Crippen molar-refractivity contribution in [2.45, 2.75) is 26.4 Å². The van der Waals surface area contributed by atoms with Crippen LogP contribution in [0.5, 0.6) is 11.5 Å². The molecule has 0 aliphatic carbocycles. The number of carbonyl (C=O) groups is 2. The minimum absolute atomic E-state index is 0.0699. The van der Waals surface area contributed by atoms with Gasteiger partial charge in [-0.3, -0.25) is 14.6 Å². The molecule has 7 heteroatoms. The van der Waals surface area contributed by atoms with Gasteiger partial charge in [0.1, 0.15) is 0 Å². The number of hydrogen-bond donors (Lipinski definition) is 1. The third kappa shape index (κ3) is 6.29. The van der Waals surface area contributed by atoms with E-state index >= 15 is 0 Å². The van der Waals surface area contributed by atoms with Gasteiger partial charge in [-0.1, -0.05) is 6.07 Å². The van der Waals surface area contributed by atoms with Gasteiger partial charge in [-0.15, -0.1) is 0 Å². The number of nitrogens with one attached hydrogen (secondary N) is 1. The van der Waals surface area contributed by atoms with E-state index in [1.807, 2.05) is 24.3 Å². The first-order chi connectivity index (χ1) is 13.0. The first-order valence-electron chi connectivity index (χ1n) is 8.65. The molecule has 0 aliphatic heterocycles. The lowest BCUT2D eigenvalue weighted by Gasteiger charge is -2.21. The minimum atomic E-state index is -0.120. The topological polar surface area (TPSA) is 80.8 Å². The Bertz CT molecular complexity index is 765. The molecule has 0 fully saturated rings. The van der Waals surface area contributed by atoms with E-state index < -0.39 is 0 Å². The molecule has 7 nitrogen and oxygen atoms in total. The van der Waals surface area contributed by atoms with Crippen LogP contribution < -0.4 is 14.8 Å². The smallest absolute Gasteiger partial charge is 0.222 e. The van der Waals surface area contributed by atoms with Crippen molar-refractivity contribution in [1.29, 1.82) is 0 Å². The Morgan fingerprint density at radius 2 is 1.74 bits per heavy atom. The van der Waals surface area contributed by atoms with Crippen molar-refractivity contribution in [3.05, 3.63) is 53.9 Å². The molecular formula is C20H25N3O4. The van der Waals surface area contributed by atoms with E-state index in [9.17, 15) is 9.59 Å². The highest BCUT2D eigenvalue weighted by molar-refractivity contribution is 5.78. The largest absolute Gasteiger partial charge is 0.493 e. The maximum atomic E-state index is 12.2. The number of hydrogen-bond acceptors (Lipinski definition) is 5. The SMILES string of the molecule is COc1ccc(CNC(=O)CCN(Cc2ccncc2)C(C)=O)cc1OC. The van der Waals surface area contributed by atoms with Crippen LogP contribution in [-0.2, 0) is 22.7 Å². The Morgan fingerprint density at radius 3 is 2.37 bits per heavy atom. The zero-order valence-corrected chi connectivity index (χ0v) is 15.9. The summed E-state index contributed by atoms with van der Waals surface area (Å²) < 4.78 is 10.5. The molecule has 0 aliphatic rings. The summed E-state index contributed by atoms with van der Waals surface area (Å²) in [4.78, 5) is 29.6. The van der Waals surface area contributed by atoms with Gasteiger partial charge in [0.2, 0.25) is 11.8 Å². The fourth-order valence-corrected chi connectivity index (χ4v) is 2.57. The monoisotopic (exact) mass is 371 g/mol. The maximum Gasteiger partial charge on any atom is 0.222 e. The van der Waals surface area contributed by atoms with Crippen LogP contribution in [0.1, 0.15) is 24.5 Å². The van der Waals surface area contributed by atoms with E-state index in [1.165, 1.54) is 6.92 Å². The summed E-state index contributed by atoms with van der Waals surface area (Å²) >= 11 is 0. The van der Waals surface area contributed by atoms with Gasteiger partial charge in [-0.05, 0) is 35.4 Å². The molecule has 1 aromatic heterocycles. The van der Waals surface area contributed by atoms with Crippen LogP contribution >= 0.6 is 0 Å². The van der Waals surface area contributed by atoms with E-state index in [2.05, 4.69) is 10.3 Å². The molecule has 0 unspecified atom stereocenters. The number of aromatic nitrogens is 1. The summed E-state index contributed by atoms with van der Waals surface area (Å²) in [7, 11) is 3.14. The summed E-state index contributed by atoms with van der Waals surface area (Å²) in [5.41, 5.74) is 1.88. The molecule has 2 rings (SSSR count). The van der Waals surface area contributed by atoms with Crippen LogP contribution in [0.2, 0.25) is 0 Å². The Hall–Kier alpha value is -3.09. The summed E-state index contributed by atoms with van der Waals surface area (Å²) in [6, 6.07) is 9.20. The molecule has 27 heavy (non-hydrogen) atoms. The second kappa shape index (κ2) is 10.2. The fourth-order valence-electron chi connectivity index (χ4n) is 2.57. The fraction of sp³-hybridized carbons (Fsp3) is 0.350. The number of amides is 2. The molecule has 1 aromatic carbocycles. The van der Waals surface area contributed by atoms with Gasteiger partial charge in [0.05, 0.1) is 14.2 Å². The Balaban J connectivity index is 1.84. The van der Waals surface area contributed by atoms with Gasteiger partial charge in [0.15, 0.2) is 11.5 Å². The van der Waals surface area contributed by atoms with Gasteiger partial charge in [0, 0.05) is 45.4 Å². The molecule has 0 bridgehead atoms. The third-order valence-corrected chi connectivity index (χ3v) is 4.11. The van der Waals surface area contributed by atoms with Crippen LogP contribution in [0.3, 0.4) is 0 Å². The molecule has 0 radical (unpaired) electrons. The zero-order valence-electron chi connectivity index (χ0n) is 15.9. The number of carbonyl (C=O) groups excluding carboxylic acids is 2. The van der Waals surface area contributed by atoms with Crippen molar-refractivity contribution in [3.8, 4) is 11.5 Å². The highest BCUT2D eigenvalue weighted by Gasteiger charge is 2.12. The Labute approximate surface area is 159 Å². The van der Waals surface area contributed by atoms with Gasteiger partial charge in [-0.2, -0.15) is 0 Å². The highest BCUT2D eigenvalue weighted by Crippen LogP contribution is 2.27. The molecule has 1 N–H and O–H groups in total. The van der Waals surface area contributed by atoms with Crippen molar-refractivity contribution in [2.24, 2.45) is 0 Å². The molecule has 2 amide bonds. The first-order valence-corrected chi connectivity index (χ1v) is 8.65. The van der Waals surface area contributed by atoms with Crippen LogP contribution in [-0.4, -0.2) is 42.5 Å². The average Bonchev–Trinajstić information content (AvgIpc) is 2.69. The van der Waals surface area contributed by atoms with Crippen molar-refractivity contribution in [3.63, 3.8) is 0 Å². The molecule has 0 saturated heterocycles. The maximum absolute atomic E-state index is 12.2. The number of nitrogens with zero attached hydrogens (tertiary/aromatic N) is 2. The van der Waals surface area contributed by atoms with E-state index in [0.717, 1.165) is 11.1 Å². The average molecular weight is 371 g/mol. The molecule has 144 valence electrons. The Morgan fingerprint density at radius 1 is 1.04 bits per heavy atom. The van der Waals surface area contributed by atoms with Crippen LogP contribution in [0.4, 0.5) is 0 Å². The van der Waals surface area contributed by atoms with Gasteiger partial charge in [-0.25, -0.2) is 0 Å². The lowest BCUT2D eigenvalue weighted by Crippen LogP contribution is -2.33. The van der Waals surface area contributed by atoms with Crippen molar-refractivity contribution in [1.82, 2.24) is 15.2 Å². The molecule has 0 atom stereocenters. The molecular weight excluding hydrogens is 346 g/mol. The van der Waals surface area contributed by atoms with Crippen LogP contribution in [0, 0.1) is 0 Å². The normalized spacial score (nSPS) is 10.2. The number of pyridine rings is 1. The second-order valence-corrected chi connectivity index (χ2v) is 6.01. The number of methoxy groups -OCH3 is 2. The summed E-state index contributed by atoms with van der Waals surface area (Å²) in [6.07, 6.45) is 3.60. The second-order valence-electron chi connectivity index (χ2n) is 6.01. The summed E-state index contributed by atoms with van der Waals surface area (Å²) in [6.45, 7) is 2.70. The lowest BCUT2D eigenvalue weighted by atomic mass is 10.2. The van der Waals surface area contributed by atoms with E-state index in [4.69, 9.17) is 9.47 Å². The number of benzene rings is 1. The van der Waals surface area contributed by atoms with Crippen molar-refractivity contribution >= 4 is 11.8 Å². The van der Waals surface area contributed by atoms with Gasteiger partial charge >= 0.3 is 0 Å². The van der Waals surface area contributed by atoms with E-state index in [0.29, 0.717) is 31.1 Å². The third-order valence-electron chi connectivity index (χ3n) is 4.11. The standard InChI is InChI=1S/C20H25N3O4/c1-15(24)23(14-16-6-9-21-10-7-16)11-8-20(25)22-13-17-4-5-18(26-2)19(12-17)27-3/h4-7,9-10,12H,8,11,13-14H2,1-3H3,(H,22,25). The molecule has 2 aromatic rings. The molecule has 0 saturated carbocycles. The van der Waals surface area contributed by atoms with E-state index in [1.54, 1.807) is 37.6 Å². The van der Waals surface area contributed by atoms with Crippen LogP contribution in [0.15, 0.2) is 42.7 Å². The van der Waals surface area contributed by atoms with Gasteiger partial charge < -0.3 is 19.7 Å². The lowest BCUT2D eigenvalue weighted by molar-refractivity contribution is -0.130. The molecule has 1 heterocycles. The van der Waals surface area contributed by atoms with Gasteiger partial charge in [0.25, 0.3) is 0 Å². The molecule has 0 spiro atoms. The Kier molecular flexibility index (Phi) is 7.61. The highest BCUT2D eigenvalue weighted by atomic mass is 16.5. The van der Waals surface area contributed by atoms with Crippen LogP contribution in [0.25, 0.3) is 0 Å². The zero-order chi connectivity index (χ0) is 19.6. The number of ether oxygens (including phenoxy) is 2. The minimum Gasteiger partial charge on any atom is -0.493 e. The number of rotatable bonds is 9. The summed E-state index contributed by atoms with van der Waals surface area (Å²) in [5, 5.41) is 2.86. The predicted molar refractivity (Wildman–Crippen MR) is 101 cm³/mol. The first kappa shape index (κ1) is 20.2.